The first-order chi connectivity index (χ1) is 2.27. The Morgan fingerprint density at radius 1 is 2.00 bits per heavy atom. The van der Waals surface area contributed by atoms with Gasteiger partial charge in [-0.05, 0) is 0 Å². The van der Waals surface area contributed by atoms with Crippen LogP contribution in [-0.4, -0.2) is 24.0 Å². The van der Waals surface area contributed by atoms with Gasteiger partial charge >= 0.3 is 0 Å². The molecule has 0 saturated heterocycles. The minimum absolute atomic E-state index is 0.181. The molecule has 0 radical (unpaired) electrons. The first-order valence-corrected chi connectivity index (χ1v) is 1.25. The summed E-state index contributed by atoms with van der Waals surface area (Å²) >= 11 is 0. The van der Waals surface area contributed by atoms with E-state index in [1.165, 1.54) is 0 Å². The number of aliphatic hydroxyl groups excluding tert-OH is 1. The number of hydrogen-bond acceptors (Lipinski definition) is 2. The van der Waals surface area contributed by atoms with E-state index in [1.54, 1.807) is 0 Å². The van der Waals surface area contributed by atoms with Crippen molar-refractivity contribution < 1.29 is 9.59 Å². The fourth-order valence-electron chi connectivity index (χ4n) is 0. The molecule has 0 rings (SSSR count). The second-order valence-corrected chi connectivity index (χ2v) is 0.746. The van der Waals surface area contributed by atoms with Gasteiger partial charge in [0, 0.05) is 7.05 Å². The van der Waals surface area contributed by atoms with Crippen LogP contribution in [0.25, 0.3) is 0 Å². The smallest absolute Gasteiger partial charge is 0.123 e. The summed E-state index contributed by atoms with van der Waals surface area (Å²) in [4.78, 5) is 0. The van der Waals surface area contributed by atoms with Gasteiger partial charge in [0.15, 0.2) is 0 Å². The van der Waals surface area contributed by atoms with Crippen molar-refractivity contribution in [1.29, 1.82) is 0 Å². The van der Waals surface area contributed by atoms with Gasteiger partial charge in [0.05, 0.1) is 0 Å². The molecular weight excluding hydrogens is 73.0 g/mol. The maximum atomic E-state index is 11.0. The molecular formula is C2H6FNO. The molecule has 0 bridgehead atoms. The van der Waals surface area contributed by atoms with E-state index in [-0.39, 0.29) is 5.12 Å². The van der Waals surface area contributed by atoms with Gasteiger partial charge in [-0.25, -0.2) is 0 Å². The Morgan fingerprint density at radius 3 is 2.20 bits per heavy atom. The van der Waals surface area contributed by atoms with Crippen molar-refractivity contribution in [1.82, 2.24) is 5.12 Å². The van der Waals surface area contributed by atoms with Gasteiger partial charge in [0.1, 0.15) is 6.73 Å². The van der Waals surface area contributed by atoms with Crippen molar-refractivity contribution in [2.45, 2.75) is 0 Å². The Labute approximate surface area is 29.8 Å². The van der Waals surface area contributed by atoms with Crippen LogP contribution in [0.5, 0.6) is 0 Å². The lowest BCUT2D eigenvalue weighted by Gasteiger charge is -1.92. The molecule has 0 aromatic heterocycles. The first kappa shape index (κ1) is 4.85. The van der Waals surface area contributed by atoms with Crippen LogP contribution >= 0.6 is 0 Å². The molecule has 0 aromatic carbocycles. The van der Waals surface area contributed by atoms with Crippen molar-refractivity contribution in [2.24, 2.45) is 0 Å². The van der Waals surface area contributed by atoms with E-state index in [4.69, 9.17) is 5.11 Å². The number of aliphatic hydroxyl groups is 1. The lowest BCUT2D eigenvalue weighted by Crippen LogP contribution is -2.05. The summed E-state index contributed by atoms with van der Waals surface area (Å²) in [6.45, 7) is -0.528. The van der Waals surface area contributed by atoms with E-state index < -0.39 is 6.73 Å². The van der Waals surface area contributed by atoms with E-state index in [2.05, 4.69) is 0 Å². The standard InChI is InChI=1S/C2H6FNO/c1-4(3)2-5/h5H,2H2,1H3. The molecule has 0 fully saturated rings. The Bertz CT molecular complexity index is 23.6. The van der Waals surface area contributed by atoms with Crippen LogP contribution in [0.1, 0.15) is 0 Å². The average molecular weight is 79.1 g/mol. The Hall–Kier alpha value is -0.150. The van der Waals surface area contributed by atoms with Gasteiger partial charge in [-0.1, -0.05) is 0 Å². The number of rotatable bonds is 1. The van der Waals surface area contributed by atoms with Crippen LogP contribution in [0.3, 0.4) is 0 Å². The predicted octanol–water partition coefficient (Wildman–Crippen LogP) is -0.247. The first-order valence-electron chi connectivity index (χ1n) is 1.25. The van der Waals surface area contributed by atoms with Gasteiger partial charge in [-0.2, -0.15) is 0 Å². The van der Waals surface area contributed by atoms with Gasteiger partial charge in [-0.15, -0.1) is 9.60 Å². The fourth-order valence-corrected chi connectivity index (χ4v) is 0. The molecule has 0 aromatic rings. The highest BCUT2D eigenvalue weighted by Gasteiger charge is 1.79. The lowest BCUT2D eigenvalue weighted by atomic mass is 11.2. The summed E-state index contributed by atoms with van der Waals surface area (Å²) in [5.41, 5.74) is 0. The van der Waals surface area contributed by atoms with Crippen LogP contribution in [0.2, 0.25) is 0 Å². The van der Waals surface area contributed by atoms with E-state index in [1.807, 2.05) is 0 Å². The van der Waals surface area contributed by atoms with Crippen molar-refractivity contribution in [3.8, 4) is 0 Å². The van der Waals surface area contributed by atoms with E-state index in [0.717, 1.165) is 7.05 Å². The number of nitrogens with zero attached hydrogens (tertiary/aromatic N) is 1. The minimum Gasteiger partial charge on any atom is -0.379 e. The van der Waals surface area contributed by atoms with Gasteiger partial charge < -0.3 is 5.11 Å². The molecule has 0 saturated carbocycles. The van der Waals surface area contributed by atoms with Crippen molar-refractivity contribution >= 4 is 0 Å². The third-order valence-electron chi connectivity index (χ3n) is 0.195. The maximum absolute atomic E-state index is 11.0. The van der Waals surface area contributed by atoms with Crippen LogP contribution in [0.15, 0.2) is 0 Å². The molecule has 0 atom stereocenters. The van der Waals surface area contributed by atoms with E-state index in [9.17, 15) is 4.48 Å². The summed E-state index contributed by atoms with van der Waals surface area (Å²) in [7, 11) is 1.14. The van der Waals surface area contributed by atoms with Crippen molar-refractivity contribution in [3.63, 3.8) is 0 Å². The highest BCUT2D eigenvalue weighted by Crippen LogP contribution is 1.70. The molecule has 0 aliphatic carbocycles. The Morgan fingerprint density at radius 2 is 2.20 bits per heavy atom. The lowest BCUT2D eigenvalue weighted by molar-refractivity contribution is -0.0256. The molecule has 0 unspecified atom stereocenters. The van der Waals surface area contributed by atoms with Crippen LogP contribution in [0.4, 0.5) is 4.48 Å². The summed E-state index contributed by atoms with van der Waals surface area (Å²) in [5, 5.41) is 7.88. The third-order valence-corrected chi connectivity index (χ3v) is 0.195. The Kier molecular flexibility index (Phi) is 2.05. The molecule has 0 heterocycles. The zero-order valence-electron chi connectivity index (χ0n) is 2.98. The van der Waals surface area contributed by atoms with Crippen LogP contribution in [0, 0.1) is 0 Å². The number of hydrogen-bond donors (Lipinski definition) is 1. The molecule has 3 heteroatoms. The molecule has 5 heavy (non-hydrogen) atoms. The largest absolute Gasteiger partial charge is 0.379 e. The third kappa shape index (κ3) is 3.85. The van der Waals surface area contributed by atoms with E-state index in [0.29, 0.717) is 0 Å². The van der Waals surface area contributed by atoms with Crippen LogP contribution < -0.4 is 0 Å². The minimum atomic E-state index is -0.528. The molecule has 0 aliphatic rings. The zero-order chi connectivity index (χ0) is 4.28. The van der Waals surface area contributed by atoms with E-state index >= 15 is 0 Å². The van der Waals surface area contributed by atoms with Crippen LogP contribution in [-0.2, 0) is 0 Å². The predicted molar refractivity (Wildman–Crippen MR) is 16.0 cm³/mol. The van der Waals surface area contributed by atoms with Gasteiger partial charge in [-0.3, -0.25) is 0 Å². The molecule has 0 amide bonds. The zero-order valence-corrected chi connectivity index (χ0v) is 2.98. The van der Waals surface area contributed by atoms with Crippen molar-refractivity contribution in [3.05, 3.63) is 0 Å². The molecule has 1 N–H and O–H groups in total. The summed E-state index contributed by atoms with van der Waals surface area (Å²) in [6.07, 6.45) is 0. The monoisotopic (exact) mass is 79.0 g/mol. The quantitative estimate of drug-likeness (QED) is 0.346. The molecule has 0 aliphatic heterocycles. The van der Waals surface area contributed by atoms with Crippen molar-refractivity contribution in [2.75, 3.05) is 13.8 Å². The summed E-state index contributed by atoms with van der Waals surface area (Å²) in [5.74, 6) is 0. The van der Waals surface area contributed by atoms with Gasteiger partial charge in [0.2, 0.25) is 0 Å². The molecule has 0 spiro atoms. The number of halogens is 1. The maximum Gasteiger partial charge on any atom is 0.123 e. The SMILES string of the molecule is CN(F)CO. The average Bonchev–Trinajstić information content (AvgIpc) is 1.38. The van der Waals surface area contributed by atoms with Gasteiger partial charge in [0.25, 0.3) is 0 Å². The fraction of sp³-hybridized carbons (Fsp3) is 1.00. The summed E-state index contributed by atoms with van der Waals surface area (Å²) < 4.78 is 11.0. The highest BCUT2D eigenvalue weighted by atomic mass is 19.2. The highest BCUT2D eigenvalue weighted by molar-refractivity contribution is 4.02. The molecule has 32 valence electrons. The second-order valence-electron chi connectivity index (χ2n) is 0.746. The second kappa shape index (κ2) is 2.11. The topological polar surface area (TPSA) is 23.5 Å². The molecule has 2 nitrogen and oxygen atoms in total. The summed E-state index contributed by atoms with van der Waals surface area (Å²) in [6, 6.07) is 0. The Balaban J connectivity index is 2.54. The normalized spacial score (nSPS) is 9.60.